The van der Waals surface area contributed by atoms with Crippen molar-refractivity contribution in [1.82, 2.24) is 25.4 Å². The molecular formula is C37H45N5O5S. The normalized spacial score (nSPS) is 19.2. The van der Waals surface area contributed by atoms with Crippen LogP contribution in [0.15, 0.2) is 84.3 Å². The number of amides is 2. The minimum absolute atomic E-state index is 0.00739. The Kier molecular flexibility index (Phi) is 12.8. The number of aliphatic hydroxyl groups is 1. The molecule has 10 nitrogen and oxygen atoms in total. The number of rotatable bonds is 15. The van der Waals surface area contributed by atoms with Crippen LogP contribution in [-0.2, 0) is 39.3 Å². The van der Waals surface area contributed by atoms with Gasteiger partial charge in [-0.1, -0.05) is 85.8 Å². The van der Waals surface area contributed by atoms with Gasteiger partial charge in [-0.25, -0.2) is 0 Å². The number of hydrogen-bond acceptors (Lipinski definition) is 8. The molecule has 1 saturated heterocycles. The number of aliphatic hydroxyl groups excluding tert-OH is 1. The largest absolute Gasteiger partial charge is 0.392 e. The second-order valence-corrected chi connectivity index (χ2v) is 13.2. The number of carbonyl (C=O) groups excluding carboxylic acids is 2. The molecule has 5 rings (SSSR count). The molecule has 1 fully saturated rings. The summed E-state index contributed by atoms with van der Waals surface area (Å²) >= 11 is 1.61. The first-order valence-electron chi connectivity index (χ1n) is 16.5. The molecule has 0 spiro atoms. The van der Waals surface area contributed by atoms with Crippen molar-refractivity contribution in [2.24, 2.45) is 13.0 Å². The Balaban J connectivity index is 1.26. The van der Waals surface area contributed by atoms with E-state index in [0.29, 0.717) is 25.3 Å². The number of unbranched alkanes of at least 4 members (excludes halogenated alkanes) is 2. The summed E-state index contributed by atoms with van der Waals surface area (Å²) < 4.78 is 15.2. The lowest BCUT2D eigenvalue weighted by atomic mass is 9.91. The minimum atomic E-state index is -0.588. The number of hydrogen-bond donors (Lipinski definition) is 3. The maximum atomic E-state index is 12.4. The predicted molar refractivity (Wildman–Crippen MR) is 186 cm³/mol. The highest BCUT2D eigenvalue weighted by molar-refractivity contribution is 7.99. The number of ether oxygens (including phenoxy) is 2. The fourth-order valence-electron chi connectivity index (χ4n) is 5.74. The van der Waals surface area contributed by atoms with E-state index in [1.54, 1.807) is 18.1 Å². The van der Waals surface area contributed by atoms with Gasteiger partial charge in [-0.05, 0) is 52.8 Å². The molecule has 1 aliphatic heterocycles. The van der Waals surface area contributed by atoms with Crippen LogP contribution in [0.2, 0.25) is 0 Å². The van der Waals surface area contributed by atoms with Crippen molar-refractivity contribution in [1.29, 1.82) is 0 Å². The fourth-order valence-corrected chi connectivity index (χ4v) is 6.79. The summed E-state index contributed by atoms with van der Waals surface area (Å²) in [4.78, 5) is 23.4. The van der Waals surface area contributed by atoms with Gasteiger partial charge in [0.05, 0.1) is 18.8 Å². The zero-order valence-corrected chi connectivity index (χ0v) is 28.6. The van der Waals surface area contributed by atoms with Crippen LogP contribution in [0, 0.1) is 5.92 Å². The third kappa shape index (κ3) is 9.76. The maximum absolute atomic E-state index is 12.4. The lowest BCUT2D eigenvalue weighted by Gasteiger charge is -2.41. The van der Waals surface area contributed by atoms with E-state index in [2.05, 4.69) is 52.0 Å². The van der Waals surface area contributed by atoms with Crippen LogP contribution < -0.4 is 10.6 Å². The third-order valence-electron chi connectivity index (χ3n) is 8.53. The van der Waals surface area contributed by atoms with E-state index < -0.39 is 6.29 Å². The number of nitrogens with one attached hydrogen (secondary N) is 2. The van der Waals surface area contributed by atoms with Gasteiger partial charge >= 0.3 is 0 Å². The number of carbonyl (C=O) groups is 2. The molecule has 2 amide bonds. The van der Waals surface area contributed by atoms with Gasteiger partial charge in [-0.3, -0.25) is 9.59 Å². The average Bonchev–Trinajstić information content (AvgIpc) is 3.52. The standard InChI is InChI=1S/C37H45N5O5S/c1-25-33(23-48-37-41-40-24-42(37)3)46-36(47-35(25)29-16-14-27(22-43)15-17-29)32-12-8-11-31(20-32)30-10-7-9-28(19-30)21-39-34(45)13-5-4-6-18-38-26(2)44/h7-12,14-17,19-20,24-25,33,35-36,43H,4-6,13,18,21-23H2,1-3H3,(H,38,44)(H,39,45). The second-order valence-electron chi connectivity index (χ2n) is 12.3. The number of aryl methyl sites for hydroxylation is 1. The van der Waals surface area contributed by atoms with Gasteiger partial charge in [-0.15, -0.1) is 10.2 Å². The van der Waals surface area contributed by atoms with E-state index in [1.807, 2.05) is 60.1 Å². The van der Waals surface area contributed by atoms with Crippen molar-refractivity contribution in [3.63, 3.8) is 0 Å². The molecule has 3 N–H and O–H groups in total. The highest BCUT2D eigenvalue weighted by atomic mass is 32.2. The van der Waals surface area contributed by atoms with E-state index in [-0.39, 0.29) is 36.5 Å². The molecule has 0 bridgehead atoms. The molecule has 4 atom stereocenters. The molecule has 1 aromatic heterocycles. The van der Waals surface area contributed by atoms with Gasteiger partial charge in [0.2, 0.25) is 11.8 Å². The number of nitrogens with zero attached hydrogens (tertiary/aromatic N) is 3. The molecule has 4 aromatic rings. The van der Waals surface area contributed by atoms with Gasteiger partial charge < -0.3 is 29.8 Å². The fraction of sp³-hybridized carbons (Fsp3) is 0.405. The lowest BCUT2D eigenvalue weighted by Crippen LogP contribution is -2.38. The third-order valence-corrected chi connectivity index (χ3v) is 9.66. The van der Waals surface area contributed by atoms with Crippen LogP contribution in [0.3, 0.4) is 0 Å². The molecule has 0 radical (unpaired) electrons. The quantitative estimate of drug-likeness (QED) is 0.106. The maximum Gasteiger partial charge on any atom is 0.220 e. The minimum Gasteiger partial charge on any atom is -0.392 e. The van der Waals surface area contributed by atoms with Crippen molar-refractivity contribution < 1.29 is 24.2 Å². The second kappa shape index (κ2) is 17.4. The topological polar surface area (TPSA) is 128 Å². The first-order valence-corrected chi connectivity index (χ1v) is 17.5. The van der Waals surface area contributed by atoms with Crippen LogP contribution >= 0.6 is 11.8 Å². The molecule has 2 heterocycles. The van der Waals surface area contributed by atoms with Crippen LogP contribution in [0.1, 0.15) is 74.2 Å². The molecular weight excluding hydrogens is 627 g/mol. The van der Waals surface area contributed by atoms with Gasteiger partial charge in [0.1, 0.15) is 6.33 Å². The van der Waals surface area contributed by atoms with E-state index in [1.165, 1.54) is 6.92 Å². The Hall–Kier alpha value is -4.03. The highest BCUT2D eigenvalue weighted by Gasteiger charge is 2.38. The van der Waals surface area contributed by atoms with E-state index >= 15 is 0 Å². The predicted octanol–water partition coefficient (Wildman–Crippen LogP) is 5.87. The van der Waals surface area contributed by atoms with E-state index in [0.717, 1.165) is 57.8 Å². The van der Waals surface area contributed by atoms with Crippen molar-refractivity contribution in [2.45, 2.75) is 76.3 Å². The van der Waals surface area contributed by atoms with Crippen molar-refractivity contribution >= 4 is 23.6 Å². The van der Waals surface area contributed by atoms with Gasteiger partial charge in [0, 0.05) is 50.7 Å². The summed E-state index contributed by atoms with van der Waals surface area (Å²) in [5.74, 6) is 0.736. The molecule has 0 saturated carbocycles. The summed E-state index contributed by atoms with van der Waals surface area (Å²) in [6.45, 7) is 4.75. The first kappa shape index (κ1) is 35.3. The summed E-state index contributed by atoms with van der Waals surface area (Å²) in [6, 6.07) is 24.3. The van der Waals surface area contributed by atoms with Gasteiger partial charge in [-0.2, -0.15) is 0 Å². The Bertz CT molecular complexity index is 1650. The average molecular weight is 672 g/mol. The Labute approximate surface area is 286 Å². The Morgan fingerprint density at radius 3 is 2.42 bits per heavy atom. The van der Waals surface area contributed by atoms with Crippen LogP contribution in [0.25, 0.3) is 11.1 Å². The smallest absolute Gasteiger partial charge is 0.220 e. The monoisotopic (exact) mass is 671 g/mol. The molecule has 0 aliphatic carbocycles. The van der Waals surface area contributed by atoms with E-state index in [9.17, 15) is 14.7 Å². The molecule has 1 aliphatic rings. The van der Waals surface area contributed by atoms with Crippen LogP contribution in [-0.4, -0.2) is 50.1 Å². The molecule has 3 aromatic carbocycles. The Morgan fingerprint density at radius 1 is 0.917 bits per heavy atom. The SMILES string of the molecule is CC(=O)NCCCCCC(=O)NCc1cccc(-c2cccc(C3OC(CSc4nncn4C)C(C)C(c4ccc(CO)cc4)O3)c2)c1. The van der Waals surface area contributed by atoms with Crippen molar-refractivity contribution in [3.8, 4) is 11.1 Å². The first-order chi connectivity index (χ1) is 23.3. The molecule has 48 heavy (non-hydrogen) atoms. The zero-order valence-electron chi connectivity index (χ0n) is 27.8. The van der Waals surface area contributed by atoms with Crippen LogP contribution in [0.5, 0.6) is 0 Å². The molecule has 11 heteroatoms. The molecule has 4 unspecified atom stereocenters. The number of thioether (sulfide) groups is 1. The molecule has 254 valence electrons. The highest BCUT2D eigenvalue weighted by Crippen LogP contribution is 2.43. The lowest BCUT2D eigenvalue weighted by molar-refractivity contribution is -0.268. The van der Waals surface area contributed by atoms with Crippen molar-refractivity contribution in [3.05, 3.63) is 101 Å². The van der Waals surface area contributed by atoms with Crippen molar-refractivity contribution in [2.75, 3.05) is 12.3 Å². The van der Waals surface area contributed by atoms with Crippen LogP contribution in [0.4, 0.5) is 0 Å². The zero-order chi connectivity index (χ0) is 33.9. The summed E-state index contributed by atoms with van der Waals surface area (Å²) in [5, 5.41) is 24.5. The summed E-state index contributed by atoms with van der Waals surface area (Å²) in [5.41, 5.74) is 5.90. The Morgan fingerprint density at radius 2 is 1.69 bits per heavy atom. The van der Waals surface area contributed by atoms with Gasteiger partial charge in [0.15, 0.2) is 11.4 Å². The van der Waals surface area contributed by atoms with E-state index in [4.69, 9.17) is 9.47 Å². The summed E-state index contributed by atoms with van der Waals surface area (Å²) in [6.07, 6.45) is 3.78. The van der Waals surface area contributed by atoms with Gasteiger partial charge in [0.25, 0.3) is 0 Å². The number of aromatic nitrogens is 3. The number of benzene rings is 3. The summed E-state index contributed by atoms with van der Waals surface area (Å²) in [7, 11) is 1.93.